The second-order valence-corrected chi connectivity index (χ2v) is 5.79. The number of halogens is 1. The predicted molar refractivity (Wildman–Crippen MR) is 89.5 cm³/mol. The van der Waals surface area contributed by atoms with Gasteiger partial charge in [0.25, 0.3) is 5.91 Å². The molecule has 0 fully saturated rings. The second kappa shape index (κ2) is 7.32. The van der Waals surface area contributed by atoms with Crippen LogP contribution < -0.4 is 4.74 Å². The molecule has 0 aliphatic rings. The molecule has 0 bridgehead atoms. The van der Waals surface area contributed by atoms with E-state index in [0.29, 0.717) is 22.9 Å². The number of hydrogen-bond acceptors (Lipinski definition) is 2. The highest BCUT2D eigenvalue weighted by molar-refractivity contribution is 6.31. The van der Waals surface area contributed by atoms with E-state index in [2.05, 4.69) is 0 Å². The highest BCUT2D eigenvalue weighted by Crippen LogP contribution is 2.25. The first-order valence-corrected chi connectivity index (χ1v) is 7.59. The summed E-state index contributed by atoms with van der Waals surface area (Å²) in [4.78, 5) is 14.7. The maximum Gasteiger partial charge on any atom is 0.258 e. The van der Waals surface area contributed by atoms with E-state index in [0.717, 1.165) is 5.56 Å². The van der Waals surface area contributed by atoms with Crippen molar-refractivity contribution in [3.63, 3.8) is 0 Å². The SMILES string of the molecule is COc1ccc(Cl)cc1C(=O)N(Cc1ccccc1)C(C)C. The van der Waals surface area contributed by atoms with Crippen LogP contribution in [0.2, 0.25) is 5.02 Å². The molecule has 116 valence electrons. The molecule has 0 aromatic heterocycles. The topological polar surface area (TPSA) is 29.5 Å². The molecule has 22 heavy (non-hydrogen) atoms. The lowest BCUT2D eigenvalue weighted by Gasteiger charge is -2.27. The number of amides is 1. The lowest BCUT2D eigenvalue weighted by Crippen LogP contribution is -2.36. The average Bonchev–Trinajstić information content (AvgIpc) is 2.52. The second-order valence-electron chi connectivity index (χ2n) is 5.36. The number of hydrogen-bond donors (Lipinski definition) is 0. The molecular formula is C18H20ClNO2. The van der Waals surface area contributed by atoms with E-state index in [1.807, 2.05) is 49.1 Å². The van der Waals surface area contributed by atoms with Gasteiger partial charge in [-0.1, -0.05) is 41.9 Å². The van der Waals surface area contributed by atoms with Crippen LogP contribution in [0.15, 0.2) is 48.5 Å². The number of ether oxygens (including phenoxy) is 1. The van der Waals surface area contributed by atoms with Crippen molar-refractivity contribution < 1.29 is 9.53 Å². The maximum atomic E-state index is 12.9. The van der Waals surface area contributed by atoms with Gasteiger partial charge in [0, 0.05) is 17.6 Å². The predicted octanol–water partition coefficient (Wildman–Crippen LogP) is 4.40. The van der Waals surface area contributed by atoms with Gasteiger partial charge < -0.3 is 9.64 Å². The molecule has 3 nitrogen and oxygen atoms in total. The van der Waals surface area contributed by atoms with E-state index in [9.17, 15) is 4.79 Å². The largest absolute Gasteiger partial charge is 0.496 e. The van der Waals surface area contributed by atoms with Gasteiger partial charge in [0.2, 0.25) is 0 Å². The van der Waals surface area contributed by atoms with Crippen LogP contribution in [0.4, 0.5) is 0 Å². The molecule has 1 amide bonds. The van der Waals surface area contributed by atoms with Crippen molar-refractivity contribution in [2.24, 2.45) is 0 Å². The lowest BCUT2D eigenvalue weighted by molar-refractivity contribution is 0.0687. The number of benzene rings is 2. The number of carbonyl (C=O) groups is 1. The normalized spacial score (nSPS) is 10.6. The van der Waals surface area contributed by atoms with Crippen LogP contribution in [0.25, 0.3) is 0 Å². The first-order valence-electron chi connectivity index (χ1n) is 7.21. The summed E-state index contributed by atoms with van der Waals surface area (Å²) in [5.74, 6) is 0.450. The van der Waals surface area contributed by atoms with Crippen LogP contribution in [-0.2, 0) is 6.54 Å². The van der Waals surface area contributed by atoms with Crippen LogP contribution in [0.5, 0.6) is 5.75 Å². The Morgan fingerprint density at radius 2 is 1.86 bits per heavy atom. The van der Waals surface area contributed by atoms with E-state index < -0.39 is 0 Å². The quantitative estimate of drug-likeness (QED) is 0.818. The Bertz CT molecular complexity index is 641. The van der Waals surface area contributed by atoms with E-state index >= 15 is 0 Å². The molecule has 0 spiro atoms. The summed E-state index contributed by atoms with van der Waals surface area (Å²) in [5, 5.41) is 0.521. The standard InChI is InChI=1S/C18H20ClNO2/c1-13(2)20(12-14-7-5-4-6-8-14)18(21)16-11-15(19)9-10-17(16)22-3/h4-11,13H,12H2,1-3H3. The molecule has 0 unspecified atom stereocenters. The smallest absolute Gasteiger partial charge is 0.258 e. The zero-order valence-electron chi connectivity index (χ0n) is 13.0. The first kappa shape index (κ1) is 16.4. The van der Waals surface area contributed by atoms with Gasteiger partial charge in [-0.15, -0.1) is 0 Å². The zero-order chi connectivity index (χ0) is 16.1. The van der Waals surface area contributed by atoms with Crippen molar-refractivity contribution in [2.75, 3.05) is 7.11 Å². The summed E-state index contributed by atoms with van der Waals surface area (Å²) in [5.41, 5.74) is 1.57. The van der Waals surface area contributed by atoms with Crippen LogP contribution >= 0.6 is 11.6 Å². The summed E-state index contributed by atoms with van der Waals surface area (Å²) >= 11 is 6.04. The number of methoxy groups -OCH3 is 1. The van der Waals surface area contributed by atoms with Crippen molar-refractivity contribution in [3.8, 4) is 5.75 Å². The first-order chi connectivity index (χ1) is 10.5. The van der Waals surface area contributed by atoms with E-state index in [4.69, 9.17) is 16.3 Å². The molecule has 0 heterocycles. The van der Waals surface area contributed by atoms with E-state index in [1.54, 1.807) is 25.3 Å². The molecule has 0 aliphatic heterocycles. The van der Waals surface area contributed by atoms with Crippen LogP contribution in [0, 0.1) is 0 Å². The molecule has 2 rings (SSSR count). The highest BCUT2D eigenvalue weighted by atomic mass is 35.5. The fourth-order valence-electron chi connectivity index (χ4n) is 2.27. The Hall–Kier alpha value is -2.00. The molecular weight excluding hydrogens is 298 g/mol. The molecule has 4 heteroatoms. The van der Waals surface area contributed by atoms with Crippen molar-refractivity contribution in [1.82, 2.24) is 4.90 Å². The summed E-state index contributed by atoms with van der Waals surface area (Å²) in [6.45, 7) is 4.54. The fourth-order valence-corrected chi connectivity index (χ4v) is 2.44. The molecule has 0 saturated heterocycles. The molecule has 0 aliphatic carbocycles. The fraction of sp³-hybridized carbons (Fsp3) is 0.278. The minimum atomic E-state index is -0.0850. The Labute approximate surface area is 136 Å². The molecule has 0 saturated carbocycles. The van der Waals surface area contributed by atoms with Crippen molar-refractivity contribution >= 4 is 17.5 Å². The van der Waals surface area contributed by atoms with Gasteiger partial charge in [-0.3, -0.25) is 4.79 Å². The van der Waals surface area contributed by atoms with E-state index in [-0.39, 0.29) is 11.9 Å². The lowest BCUT2D eigenvalue weighted by atomic mass is 10.1. The Balaban J connectivity index is 2.33. The molecule has 2 aromatic rings. The van der Waals surface area contributed by atoms with Crippen molar-refractivity contribution in [2.45, 2.75) is 26.4 Å². The van der Waals surface area contributed by atoms with Crippen LogP contribution in [0.3, 0.4) is 0 Å². The molecule has 0 radical (unpaired) electrons. The highest BCUT2D eigenvalue weighted by Gasteiger charge is 2.22. The van der Waals surface area contributed by atoms with Crippen molar-refractivity contribution in [1.29, 1.82) is 0 Å². The van der Waals surface area contributed by atoms with Gasteiger partial charge >= 0.3 is 0 Å². The minimum Gasteiger partial charge on any atom is -0.496 e. The Morgan fingerprint density at radius 1 is 1.18 bits per heavy atom. The molecule has 0 atom stereocenters. The third-order valence-corrected chi connectivity index (χ3v) is 3.71. The van der Waals surface area contributed by atoms with Gasteiger partial charge in [-0.25, -0.2) is 0 Å². The average molecular weight is 318 g/mol. The molecule has 0 N–H and O–H groups in total. The summed E-state index contributed by atoms with van der Waals surface area (Å²) in [6, 6.07) is 15.1. The van der Waals surface area contributed by atoms with E-state index in [1.165, 1.54) is 0 Å². The Morgan fingerprint density at radius 3 is 2.45 bits per heavy atom. The maximum absolute atomic E-state index is 12.9. The summed E-state index contributed by atoms with van der Waals surface area (Å²) < 4.78 is 5.30. The molecule has 2 aromatic carbocycles. The zero-order valence-corrected chi connectivity index (χ0v) is 13.8. The summed E-state index contributed by atoms with van der Waals surface area (Å²) in [6.07, 6.45) is 0. The van der Waals surface area contributed by atoms with Gasteiger partial charge in [0.05, 0.1) is 12.7 Å². The van der Waals surface area contributed by atoms with Crippen LogP contribution in [-0.4, -0.2) is 24.0 Å². The van der Waals surface area contributed by atoms with Crippen molar-refractivity contribution in [3.05, 3.63) is 64.7 Å². The number of carbonyl (C=O) groups excluding carboxylic acids is 1. The van der Waals surface area contributed by atoms with Gasteiger partial charge in [0.15, 0.2) is 0 Å². The monoisotopic (exact) mass is 317 g/mol. The van der Waals surface area contributed by atoms with Gasteiger partial charge in [0.1, 0.15) is 5.75 Å². The number of nitrogens with zero attached hydrogens (tertiary/aromatic N) is 1. The number of rotatable bonds is 5. The van der Waals surface area contributed by atoms with Gasteiger partial charge in [-0.2, -0.15) is 0 Å². The van der Waals surface area contributed by atoms with Gasteiger partial charge in [-0.05, 0) is 37.6 Å². The third kappa shape index (κ3) is 3.80. The summed E-state index contributed by atoms with van der Waals surface area (Å²) in [7, 11) is 1.55. The third-order valence-electron chi connectivity index (χ3n) is 3.47. The van der Waals surface area contributed by atoms with Crippen LogP contribution in [0.1, 0.15) is 29.8 Å². The Kier molecular flexibility index (Phi) is 5.45. The minimum absolute atomic E-state index is 0.0661.